The van der Waals surface area contributed by atoms with E-state index in [2.05, 4.69) is 10.5 Å². The lowest BCUT2D eigenvalue weighted by Crippen LogP contribution is -2.38. The van der Waals surface area contributed by atoms with Crippen LogP contribution in [0.15, 0.2) is 46.9 Å². The van der Waals surface area contributed by atoms with E-state index < -0.39 is 15.9 Å². The number of methoxy groups -OCH3 is 1. The highest BCUT2D eigenvalue weighted by Crippen LogP contribution is 2.21. The van der Waals surface area contributed by atoms with Crippen LogP contribution in [0.4, 0.5) is 5.69 Å². The second-order valence-corrected chi connectivity index (χ2v) is 7.66. The summed E-state index contributed by atoms with van der Waals surface area (Å²) >= 11 is 1.47. The Balaban J connectivity index is 2.06. The maximum Gasteiger partial charge on any atom is 0.260 e. The van der Waals surface area contributed by atoms with Crippen molar-refractivity contribution < 1.29 is 17.9 Å². The van der Waals surface area contributed by atoms with Crippen molar-refractivity contribution in [2.45, 2.75) is 0 Å². The van der Waals surface area contributed by atoms with Crippen LogP contribution < -0.4 is 14.5 Å². The van der Waals surface area contributed by atoms with Gasteiger partial charge in [0.15, 0.2) is 0 Å². The fourth-order valence-corrected chi connectivity index (χ4v) is 3.29. The molecular weight excluding hydrogens is 350 g/mol. The number of sulfonamides is 1. The van der Waals surface area contributed by atoms with Gasteiger partial charge in [0.25, 0.3) is 5.91 Å². The number of benzene rings is 1. The molecule has 1 amide bonds. The highest BCUT2D eigenvalue weighted by Gasteiger charge is 2.20. The van der Waals surface area contributed by atoms with Crippen molar-refractivity contribution in [1.29, 1.82) is 0 Å². The van der Waals surface area contributed by atoms with Gasteiger partial charge in [0.05, 0.1) is 25.3 Å². The minimum absolute atomic E-state index is 0.368. The van der Waals surface area contributed by atoms with Gasteiger partial charge in [0, 0.05) is 4.88 Å². The number of anilines is 1. The Labute approximate surface area is 144 Å². The van der Waals surface area contributed by atoms with Crippen LogP contribution in [-0.4, -0.2) is 40.4 Å². The summed E-state index contributed by atoms with van der Waals surface area (Å²) in [5.74, 6) is 0.0567. The van der Waals surface area contributed by atoms with E-state index in [1.54, 1.807) is 24.3 Å². The van der Waals surface area contributed by atoms with Crippen LogP contribution in [-0.2, 0) is 14.8 Å². The van der Waals surface area contributed by atoms with Crippen LogP contribution in [0.25, 0.3) is 0 Å². The Morgan fingerprint density at radius 2 is 2.04 bits per heavy atom. The second-order valence-electron chi connectivity index (χ2n) is 4.78. The van der Waals surface area contributed by atoms with Crippen LogP contribution in [0.1, 0.15) is 4.88 Å². The van der Waals surface area contributed by atoms with E-state index in [0.29, 0.717) is 11.4 Å². The van der Waals surface area contributed by atoms with E-state index in [1.807, 2.05) is 17.5 Å². The van der Waals surface area contributed by atoms with E-state index in [4.69, 9.17) is 4.74 Å². The lowest BCUT2D eigenvalue weighted by atomic mass is 10.3. The minimum atomic E-state index is -3.62. The average molecular weight is 367 g/mol. The first-order chi connectivity index (χ1) is 11.4. The topological polar surface area (TPSA) is 88.1 Å². The fraction of sp³-hybridized carbons (Fsp3) is 0.200. The maximum atomic E-state index is 12.0. The maximum absolute atomic E-state index is 12.0. The first kappa shape index (κ1) is 18.0. The van der Waals surface area contributed by atoms with E-state index in [9.17, 15) is 13.2 Å². The smallest absolute Gasteiger partial charge is 0.260 e. The Morgan fingerprint density at radius 1 is 1.33 bits per heavy atom. The van der Waals surface area contributed by atoms with Gasteiger partial charge in [0.1, 0.15) is 12.3 Å². The molecule has 128 valence electrons. The molecule has 1 heterocycles. The van der Waals surface area contributed by atoms with Gasteiger partial charge < -0.3 is 4.74 Å². The Kier molecular flexibility index (Phi) is 5.93. The summed E-state index contributed by atoms with van der Waals surface area (Å²) in [6.07, 6.45) is 2.54. The number of ether oxygens (including phenoxy) is 1. The van der Waals surface area contributed by atoms with Gasteiger partial charge in [-0.2, -0.15) is 5.10 Å². The highest BCUT2D eigenvalue weighted by atomic mass is 32.2. The Bertz CT molecular complexity index is 800. The average Bonchev–Trinajstić information content (AvgIpc) is 3.05. The van der Waals surface area contributed by atoms with Gasteiger partial charge in [-0.05, 0) is 35.7 Å². The van der Waals surface area contributed by atoms with Gasteiger partial charge in [-0.25, -0.2) is 13.8 Å². The molecule has 9 heteroatoms. The Morgan fingerprint density at radius 3 is 2.58 bits per heavy atom. The molecular formula is C15H17N3O4S2. The number of nitrogens with one attached hydrogen (secondary N) is 1. The summed E-state index contributed by atoms with van der Waals surface area (Å²) in [6, 6.07) is 10.1. The van der Waals surface area contributed by atoms with Crippen molar-refractivity contribution in [2.24, 2.45) is 5.10 Å². The molecule has 1 aromatic heterocycles. The predicted octanol–water partition coefficient (Wildman–Crippen LogP) is 1.67. The monoisotopic (exact) mass is 367 g/mol. The number of rotatable bonds is 7. The normalized spacial score (nSPS) is 11.4. The molecule has 0 aliphatic carbocycles. The number of hydrazone groups is 1. The highest BCUT2D eigenvalue weighted by molar-refractivity contribution is 7.92. The number of carbonyl (C=O) groups is 1. The molecule has 0 unspecified atom stereocenters. The number of hydrogen-bond donors (Lipinski definition) is 1. The van der Waals surface area contributed by atoms with Crippen molar-refractivity contribution >= 4 is 39.2 Å². The molecule has 0 saturated carbocycles. The molecule has 2 aromatic rings. The van der Waals surface area contributed by atoms with Crippen molar-refractivity contribution in [1.82, 2.24) is 5.43 Å². The van der Waals surface area contributed by atoms with E-state index in [0.717, 1.165) is 15.4 Å². The van der Waals surface area contributed by atoms with Crippen LogP contribution in [0.3, 0.4) is 0 Å². The zero-order valence-electron chi connectivity index (χ0n) is 13.2. The van der Waals surface area contributed by atoms with E-state index in [-0.39, 0.29) is 6.54 Å². The third-order valence-electron chi connectivity index (χ3n) is 2.97. The third-order valence-corrected chi connectivity index (χ3v) is 4.92. The van der Waals surface area contributed by atoms with E-state index in [1.165, 1.54) is 24.7 Å². The first-order valence-corrected chi connectivity index (χ1v) is 9.60. The molecule has 2 rings (SSSR count). The van der Waals surface area contributed by atoms with E-state index >= 15 is 0 Å². The lowest BCUT2D eigenvalue weighted by molar-refractivity contribution is -0.119. The predicted molar refractivity (Wildman–Crippen MR) is 95.2 cm³/mol. The van der Waals surface area contributed by atoms with Crippen molar-refractivity contribution in [2.75, 3.05) is 24.2 Å². The number of nitrogens with zero attached hydrogens (tertiary/aromatic N) is 2. The molecule has 0 spiro atoms. The van der Waals surface area contributed by atoms with Gasteiger partial charge in [0.2, 0.25) is 10.0 Å². The van der Waals surface area contributed by atoms with Gasteiger partial charge in [-0.1, -0.05) is 6.07 Å². The molecule has 0 atom stereocenters. The van der Waals surface area contributed by atoms with Crippen molar-refractivity contribution in [3.05, 3.63) is 46.7 Å². The van der Waals surface area contributed by atoms with Crippen LogP contribution in [0.2, 0.25) is 0 Å². The van der Waals surface area contributed by atoms with Crippen molar-refractivity contribution in [3.63, 3.8) is 0 Å². The quantitative estimate of drug-likeness (QED) is 0.596. The molecule has 24 heavy (non-hydrogen) atoms. The largest absolute Gasteiger partial charge is 0.497 e. The van der Waals surface area contributed by atoms with Gasteiger partial charge in [-0.15, -0.1) is 11.3 Å². The zero-order chi connectivity index (χ0) is 17.6. The Hall–Kier alpha value is -2.39. The minimum Gasteiger partial charge on any atom is -0.497 e. The fourth-order valence-electron chi connectivity index (χ4n) is 1.85. The molecule has 0 radical (unpaired) electrons. The molecule has 1 N–H and O–H groups in total. The SMILES string of the molecule is COc1ccc(N(CC(=O)N/N=C\c2cccs2)S(C)(=O)=O)cc1. The number of thiophene rings is 1. The van der Waals surface area contributed by atoms with Crippen molar-refractivity contribution in [3.8, 4) is 5.75 Å². The summed E-state index contributed by atoms with van der Waals surface area (Å²) in [4.78, 5) is 12.9. The van der Waals surface area contributed by atoms with Crippen LogP contribution >= 0.6 is 11.3 Å². The summed E-state index contributed by atoms with van der Waals surface area (Å²) in [7, 11) is -2.10. The number of hydrogen-bond acceptors (Lipinski definition) is 6. The second kappa shape index (κ2) is 7.93. The standard InChI is InChI=1S/C15H17N3O4S2/c1-22-13-7-5-12(6-8-13)18(24(2,20)21)11-15(19)17-16-10-14-4-3-9-23-14/h3-10H,11H2,1-2H3,(H,17,19)/b16-10-. The molecule has 7 nitrogen and oxygen atoms in total. The molecule has 0 bridgehead atoms. The summed E-state index contributed by atoms with van der Waals surface area (Å²) in [5.41, 5.74) is 2.69. The third kappa shape index (κ3) is 5.07. The summed E-state index contributed by atoms with van der Waals surface area (Å²) < 4.78 is 30.0. The van der Waals surface area contributed by atoms with Gasteiger partial charge >= 0.3 is 0 Å². The lowest BCUT2D eigenvalue weighted by Gasteiger charge is -2.21. The molecule has 0 aliphatic rings. The number of amides is 1. The first-order valence-electron chi connectivity index (χ1n) is 6.87. The zero-order valence-corrected chi connectivity index (χ0v) is 14.8. The molecule has 1 aromatic carbocycles. The van der Waals surface area contributed by atoms with Gasteiger partial charge in [-0.3, -0.25) is 9.10 Å². The molecule has 0 aliphatic heterocycles. The summed E-state index contributed by atoms with van der Waals surface area (Å²) in [5, 5.41) is 5.70. The van der Waals surface area contributed by atoms with Crippen LogP contribution in [0, 0.1) is 0 Å². The van der Waals surface area contributed by atoms with Crippen LogP contribution in [0.5, 0.6) is 5.75 Å². The molecule has 0 fully saturated rings. The number of carbonyl (C=O) groups excluding carboxylic acids is 1. The molecule has 0 saturated heterocycles. The summed E-state index contributed by atoms with van der Waals surface area (Å²) in [6.45, 7) is -0.368.